The number of carbonyl (C=O) groups is 1. The second-order valence-electron chi connectivity index (χ2n) is 5.22. The lowest BCUT2D eigenvalue weighted by atomic mass is 10.1. The SMILES string of the molecule is Cc1ccc(CNC(=O)CSc2nnc(NC(C)C)s2)cc1. The van der Waals surface area contributed by atoms with Crippen LogP contribution in [-0.4, -0.2) is 27.9 Å². The van der Waals surface area contributed by atoms with Crippen molar-refractivity contribution in [2.45, 2.75) is 37.7 Å². The highest BCUT2D eigenvalue weighted by atomic mass is 32.2. The molecule has 2 N–H and O–H groups in total. The number of hydrogen-bond donors (Lipinski definition) is 2. The first-order valence-electron chi connectivity index (χ1n) is 7.08. The summed E-state index contributed by atoms with van der Waals surface area (Å²) in [6.07, 6.45) is 0. The molecule has 0 saturated carbocycles. The molecule has 1 amide bonds. The number of anilines is 1. The van der Waals surface area contributed by atoms with E-state index >= 15 is 0 Å². The standard InChI is InChI=1S/C15H20N4OS2/c1-10(2)17-14-18-19-15(22-14)21-9-13(20)16-8-12-6-4-11(3)5-7-12/h4-7,10H,8-9H2,1-3H3,(H,16,20)(H,17,18). The van der Waals surface area contributed by atoms with Gasteiger partial charge in [-0.2, -0.15) is 0 Å². The van der Waals surface area contributed by atoms with E-state index in [1.165, 1.54) is 28.7 Å². The van der Waals surface area contributed by atoms with Crippen molar-refractivity contribution in [3.63, 3.8) is 0 Å². The van der Waals surface area contributed by atoms with Gasteiger partial charge in [0, 0.05) is 12.6 Å². The van der Waals surface area contributed by atoms with Gasteiger partial charge < -0.3 is 10.6 Å². The van der Waals surface area contributed by atoms with Gasteiger partial charge >= 0.3 is 0 Å². The van der Waals surface area contributed by atoms with Crippen LogP contribution >= 0.6 is 23.1 Å². The third-order valence-corrected chi connectivity index (χ3v) is 4.74. The first-order chi connectivity index (χ1) is 10.5. The number of hydrogen-bond acceptors (Lipinski definition) is 6. The van der Waals surface area contributed by atoms with Crippen LogP contribution in [0.15, 0.2) is 28.6 Å². The molecule has 0 fully saturated rings. The summed E-state index contributed by atoms with van der Waals surface area (Å²) in [7, 11) is 0. The summed E-state index contributed by atoms with van der Waals surface area (Å²) in [5.41, 5.74) is 2.32. The third kappa shape index (κ3) is 5.65. The molecule has 0 unspecified atom stereocenters. The van der Waals surface area contributed by atoms with Crippen LogP contribution in [0.25, 0.3) is 0 Å². The van der Waals surface area contributed by atoms with Crippen molar-refractivity contribution < 1.29 is 4.79 Å². The van der Waals surface area contributed by atoms with Crippen LogP contribution in [0.2, 0.25) is 0 Å². The number of nitrogens with zero attached hydrogens (tertiary/aromatic N) is 2. The summed E-state index contributed by atoms with van der Waals surface area (Å²) >= 11 is 2.88. The molecule has 5 nitrogen and oxygen atoms in total. The molecule has 1 aromatic heterocycles. The molecule has 22 heavy (non-hydrogen) atoms. The largest absolute Gasteiger partial charge is 0.358 e. The van der Waals surface area contributed by atoms with Crippen LogP contribution in [0.3, 0.4) is 0 Å². The minimum atomic E-state index is -0.000793. The molecule has 0 aliphatic heterocycles. The predicted octanol–water partition coefficient (Wildman–Crippen LogP) is 3.08. The van der Waals surface area contributed by atoms with Gasteiger partial charge in [0.25, 0.3) is 0 Å². The highest BCUT2D eigenvalue weighted by Gasteiger charge is 2.08. The minimum Gasteiger partial charge on any atom is -0.358 e. The van der Waals surface area contributed by atoms with E-state index in [0.717, 1.165) is 15.0 Å². The summed E-state index contributed by atoms with van der Waals surface area (Å²) in [4.78, 5) is 11.9. The zero-order valence-corrected chi connectivity index (χ0v) is 14.6. The molecule has 0 radical (unpaired) electrons. The Morgan fingerprint density at radius 1 is 1.27 bits per heavy atom. The third-order valence-electron chi connectivity index (χ3n) is 2.76. The Kier molecular flexibility index (Phi) is 6.21. The van der Waals surface area contributed by atoms with Crippen molar-refractivity contribution in [3.05, 3.63) is 35.4 Å². The molecular formula is C15H20N4OS2. The number of benzene rings is 1. The first-order valence-corrected chi connectivity index (χ1v) is 8.88. The molecule has 2 rings (SSSR count). The van der Waals surface area contributed by atoms with Gasteiger partial charge in [0.15, 0.2) is 4.34 Å². The van der Waals surface area contributed by atoms with Crippen LogP contribution in [0.5, 0.6) is 0 Å². The van der Waals surface area contributed by atoms with Gasteiger partial charge in [-0.1, -0.05) is 52.9 Å². The van der Waals surface area contributed by atoms with Crippen molar-refractivity contribution in [1.82, 2.24) is 15.5 Å². The summed E-state index contributed by atoms with van der Waals surface area (Å²) in [5, 5.41) is 15.0. The number of thioether (sulfide) groups is 1. The summed E-state index contributed by atoms with van der Waals surface area (Å²) < 4.78 is 0.800. The van der Waals surface area contributed by atoms with Gasteiger partial charge in [-0.05, 0) is 26.3 Å². The Morgan fingerprint density at radius 2 is 2.00 bits per heavy atom. The average molecular weight is 336 g/mol. The van der Waals surface area contributed by atoms with Crippen molar-refractivity contribution in [3.8, 4) is 0 Å². The first kappa shape index (κ1) is 16.8. The van der Waals surface area contributed by atoms with E-state index in [9.17, 15) is 4.79 Å². The van der Waals surface area contributed by atoms with Gasteiger partial charge in [-0.15, -0.1) is 10.2 Å². The maximum atomic E-state index is 11.9. The van der Waals surface area contributed by atoms with Gasteiger partial charge in [-0.3, -0.25) is 4.79 Å². The fourth-order valence-corrected chi connectivity index (χ4v) is 3.39. The van der Waals surface area contributed by atoms with Crippen molar-refractivity contribution in [2.75, 3.05) is 11.1 Å². The maximum Gasteiger partial charge on any atom is 0.230 e. The van der Waals surface area contributed by atoms with Crippen LogP contribution in [0.1, 0.15) is 25.0 Å². The topological polar surface area (TPSA) is 66.9 Å². The number of carbonyl (C=O) groups excluding carboxylic acids is 1. The van der Waals surface area contributed by atoms with Crippen LogP contribution in [0.4, 0.5) is 5.13 Å². The van der Waals surface area contributed by atoms with Crippen molar-refractivity contribution in [1.29, 1.82) is 0 Å². The fourth-order valence-electron chi connectivity index (χ4n) is 1.66. The van der Waals surface area contributed by atoms with Crippen LogP contribution < -0.4 is 10.6 Å². The molecular weight excluding hydrogens is 316 g/mol. The van der Waals surface area contributed by atoms with E-state index in [1.807, 2.05) is 45.0 Å². The lowest BCUT2D eigenvalue weighted by Gasteiger charge is -2.05. The number of aryl methyl sites for hydroxylation is 1. The zero-order chi connectivity index (χ0) is 15.9. The lowest BCUT2D eigenvalue weighted by Crippen LogP contribution is -2.24. The Bertz CT molecular complexity index is 610. The van der Waals surface area contributed by atoms with Gasteiger partial charge in [0.05, 0.1) is 5.75 Å². The lowest BCUT2D eigenvalue weighted by molar-refractivity contribution is -0.118. The number of rotatable bonds is 7. The van der Waals surface area contributed by atoms with Gasteiger partial charge in [-0.25, -0.2) is 0 Å². The van der Waals surface area contributed by atoms with E-state index in [0.29, 0.717) is 18.3 Å². The Balaban J connectivity index is 1.73. The second-order valence-corrected chi connectivity index (χ2v) is 7.42. The second kappa shape index (κ2) is 8.14. The van der Waals surface area contributed by atoms with Crippen LogP contribution in [-0.2, 0) is 11.3 Å². The van der Waals surface area contributed by atoms with Crippen molar-refractivity contribution >= 4 is 34.1 Å². The predicted molar refractivity (Wildman–Crippen MR) is 92.4 cm³/mol. The molecule has 1 aromatic carbocycles. The molecule has 1 heterocycles. The smallest absolute Gasteiger partial charge is 0.230 e. The minimum absolute atomic E-state index is 0.000793. The summed E-state index contributed by atoms with van der Waals surface area (Å²) in [6, 6.07) is 8.46. The van der Waals surface area contributed by atoms with Gasteiger partial charge in [0.2, 0.25) is 11.0 Å². The normalized spacial score (nSPS) is 10.7. The molecule has 0 bridgehead atoms. The quantitative estimate of drug-likeness (QED) is 0.761. The molecule has 0 spiro atoms. The van der Waals surface area contributed by atoms with E-state index in [2.05, 4.69) is 20.8 Å². The Hall–Kier alpha value is -1.60. The van der Waals surface area contributed by atoms with E-state index in [4.69, 9.17) is 0 Å². The molecule has 0 atom stereocenters. The summed E-state index contributed by atoms with van der Waals surface area (Å²) in [6.45, 7) is 6.69. The maximum absolute atomic E-state index is 11.9. The summed E-state index contributed by atoms with van der Waals surface area (Å²) in [5.74, 6) is 0.349. The average Bonchev–Trinajstić information content (AvgIpc) is 2.91. The Labute approximate surface area is 138 Å². The number of aromatic nitrogens is 2. The van der Waals surface area contributed by atoms with E-state index in [-0.39, 0.29) is 5.91 Å². The molecule has 0 saturated heterocycles. The Morgan fingerprint density at radius 3 is 2.68 bits per heavy atom. The zero-order valence-electron chi connectivity index (χ0n) is 12.9. The van der Waals surface area contributed by atoms with E-state index in [1.54, 1.807) is 0 Å². The number of amides is 1. The number of nitrogens with one attached hydrogen (secondary N) is 2. The molecule has 0 aliphatic carbocycles. The highest BCUT2D eigenvalue weighted by Crippen LogP contribution is 2.25. The molecule has 0 aliphatic rings. The van der Waals surface area contributed by atoms with Gasteiger partial charge in [0.1, 0.15) is 0 Å². The molecule has 118 valence electrons. The highest BCUT2D eigenvalue weighted by molar-refractivity contribution is 8.01. The fraction of sp³-hybridized carbons (Fsp3) is 0.400. The molecule has 7 heteroatoms. The van der Waals surface area contributed by atoms with Crippen LogP contribution in [0, 0.1) is 6.92 Å². The monoisotopic (exact) mass is 336 g/mol. The van der Waals surface area contributed by atoms with E-state index < -0.39 is 0 Å². The van der Waals surface area contributed by atoms with Crippen molar-refractivity contribution in [2.24, 2.45) is 0 Å². The molecule has 2 aromatic rings.